The minimum atomic E-state index is -3.98. The summed E-state index contributed by atoms with van der Waals surface area (Å²) in [5.41, 5.74) is 1.99. The van der Waals surface area contributed by atoms with Crippen LogP contribution in [0.3, 0.4) is 0 Å². The van der Waals surface area contributed by atoms with E-state index in [1.54, 1.807) is 6.92 Å². The summed E-state index contributed by atoms with van der Waals surface area (Å²) in [6.45, 7) is 4.44. The SMILES string of the molecule is Cc1noc(NC(=O)C(C)(C)S(=O)(=O)c2ccc(Cl)cc2)c1-c1ccccc1. The molecule has 0 saturated carbocycles. The van der Waals surface area contributed by atoms with E-state index in [2.05, 4.69) is 10.5 Å². The highest BCUT2D eigenvalue weighted by Crippen LogP contribution is 2.33. The van der Waals surface area contributed by atoms with E-state index in [9.17, 15) is 13.2 Å². The Balaban J connectivity index is 1.94. The van der Waals surface area contributed by atoms with E-state index in [0.717, 1.165) is 5.56 Å². The van der Waals surface area contributed by atoms with E-state index in [0.29, 0.717) is 16.3 Å². The lowest BCUT2D eigenvalue weighted by molar-refractivity contribution is -0.118. The average Bonchev–Trinajstić information content (AvgIpc) is 3.02. The molecule has 0 unspecified atom stereocenters. The summed E-state index contributed by atoms with van der Waals surface area (Å²) in [6.07, 6.45) is 0. The molecule has 146 valence electrons. The Hall–Kier alpha value is -2.64. The molecule has 0 aliphatic carbocycles. The van der Waals surface area contributed by atoms with Crippen LogP contribution in [0.5, 0.6) is 0 Å². The van der Waals surface area contributed by atoms with Crippen LogP contribution in [0.1, 0.15) is 19.5 Å². The lowest BCUT2D eigenvalue weighted by Crippen LogP contribution is -2.44. The number of hydrogen-bond donors (Lipinski definition) is 1. The molecule has 1 aromatic heterocycles. The van der Waals surface area contributed by atoms with Gasteiger partial charge in [-0.05, 0) is 50.6 Å². The predicted molar refractivity (Wildman–Crippen MR) is 108 cm³/mol. The quantitative estimate of drug-likeness (QED) is 0.659. The highest BCUT2D eigenvalue weighted by molar-refractivity contribution is 7.93. The fourth-order valence-electron chi connectivity index (χ4n) is 2.68. The normalized spacial score (nSPS) is 12.0. The maximum absolute atomic E-state index is 13.0. The first kappa shape index (κ1) is 20.1. The number of rotatable bonds is 5. The summed E-state index contributed by atoms with van der Waals surface area (Å²) in [6, 6.07) is 15.0. The largest absolute Gasteiger partial charge is 0.337 e. The summed E-state index contributed by atoms with van der Waals surface area (Å²) < 4.78 is 29.5. The van der Waals surface area contributed by atoms with E-state index in [1.165, 1.54) is 38.1 Å². The van der Waals surface area contributed by atoms with Crippen LogP contribution in [0.25, 0.3) is 11.1 Å². The Morgan fingerprint density at radius 1 is 1.07 bits per heavy atom. The Bertz CT molecular complexity index is 1100. The third-order valence-corrected chi connectivity index (χ3v) is 7.17. The van der Waals surface area contributed by atoms with Gasteiger partial charge >= 0.3 is 0 Å². The molecule has 6 nitrogen and oxygen atoms in total. The van der Waals surface area contributed by atoms with Crippen molar-refractivity contribution < 1.29 is 17.7 Å². The number of nitrogens with zero attached hydrogens (tertiary/aromatic N) is 1. The lowest BCUT2D eigenvalue weighted by atomic mass is 10.1. The third kappa shape index (κ3) is 3.55. The number of aromatic nitrogens is 1. The van der Waals surface area contributed by atoms with Crippen LogP contribution in [-0.2, 0) is 14.6 Å². The topological polar surface area (TPSA) is 89.3 Å². The maximum Gasteiger partial charge on any atom is 0.248 e. The number of benzene rings is 2. The standard InChI is InChI=1S/C20H19ClN2O4S/c1-13-17(14-7-5-4-6-8-14)18(27-23-13)22-19(24)20(2,3)28(25,26)16-11-9-15(21)10-12-16/h4-12H,1-3H3,(H,22,24). The first-order chi connectivity index (χ1) is 13.1. The van der Waals surface area contributed by atoms with Gasteiger partial charge in [-0.3, -0.25) is 10.1 Å². The van der Waals surface area contributed by atoms with Gasteiger partial charge in [0.15, 0.2) is 9.84 Å². The molecule has 0 bridgehead atoms. The molecule has 28 heavy (non-hydrogen) atoms. The summed E-state index contributed by atoms with van der Waals surface area (Å²) >= 11 is 5.83. The molecule has 0 aliphatic heterocycles. The van der Waals surface area contributed by atoms with Crippen molar-refractivity contribution >= 4 is 33.2 Å². The van der Waals surface area contributed by atoms with Crippen molar-refractivity contribution in [2.75, 3.05) is 5.32 Å². The molecule has 2 aromatic carbocycles. The number of hydrogen-bond acceptors (Lipinski definition) is 5. The van der Waals surface area contributed by atoms with E-state index >= 15 is 0 Å². The van der Waals surface area contributed by atoms with E-state index in [1.807, 2.05) is 30.3 Å². The summed E-state index contributed by atoms with van der Waals surface area (Å²) in [7, 11) is -3.98. The lowest BCUT2D eigenvalue weighted by Gasteiger charge is -2.23. The summed E-state index contributed by atoms with van der Waals surface area (Å²) in [4.78, 5) is 12.9. The van der Waals surface area contributed by atoms with Crippen LogP contribution in [0, 0.1) is 6.92 Å². The molecule has 0 spiro atoms. The van der Waals surface area contributed by atoms with Crippen molar-refractivity contribution in [2.45, 2.75) is 30.4 Å². The number of nitrogens with one attached hydrogen (secondary N) is 1. The van der Waals surface area contributed by atoms with Crippen molar-refractivity contribution in [3.8, 4) is 11.1 Å². The number of amides is 1. The molecule has 1 heterocycles. The Morgan fingerprint density at radius 2 is 1.68 bits per heavy atom. The average molecular weight is 419 g/mol. The van der Waals surface area contributed by atoms with Crippen molar-refractivity contribution in [1.29, 1.82) is 0 Å². The number of carbonyl (C=O) groups excluding carboxylic acids is 1. The monoisotopic (exact) mass is 418 g/mol. The zero-order chi connectivity index (χ0) is 20.5. The molecule has 0 fully saturated rings. The number of aryl methyl sites for hydroxylation is 1. The van der Waals surface area contributed by atoms with Crippen LogP contribution < -0.4 is 5.32 Å². The first-order valence-electron chi connectivity index (χ1n) is 8.48. The highest BCUT2D eigenvalue weighted by Gasteiger charge is 2.43. The van der Waals surface area contributed by atoms with Crippen molar-refractivity contribution in [2.24, 2.45) is 0 Å². The summed E-state index contributed by atoms with van der Waals surface area (Å²) in [5, 5.41) is 6.90. The minimum absolute atomic E-state index is 0.00841. The van der Waals surface area contributed by atoms with Gasteiger partial charge < -0.3 is 4.52 Å². The zero-order valence-electron chi connectivity index (χ0n) is 15.6. The van der Waals surface area contributed by atoms with Gasteiger partial charge in [0, 0.05) is 5.02 Å². The molecule has 0 radical (unpaired) electrons. The molecule has 0 saturated heterocycles. The van der Waals surface area contributed by atoms with E-state index in [-0.39, 0.29) is 10.8 Å². The molecule has 0 aliphatic rings. The molecule has 8 heteroatoms. The van der Waals surface area contributed by atoms with Crippen LogP contribution in [0.2, 0.25) is 5.02 Å². The molecular formula is C20H19ClN2O4S. The van der Waals surface area contributed by atoms with Gasteiger partial charge in [0.25, 0.3) is 0 Å². The fraction of sp³-hybridized carbons (Fsp3) is 0.200. The van der Waals surface area contributed by atoms with Crippen molar-refractivity contribution in [3.05, 3.63) is 65.3 Å². The van der Waals surface area contributed by atoms with Gasteiger partial charge in [-0.15, -0.1) is 0 Å². The molecular weight excluding hydrogens is 400 g/mol. The number of sulfone groups is 1. The second-order valence-corrected chi connectivity index (χ2v) is 9.70. The van der Waals surface area contributed by atoms with E-state index < -0.39 is 20.5 Å². The summed E-state index contributed by atoms with van der Waals surface area (Å²) in [5.74, 6) is -0.621. The number of carbonyl (C=O) groups is 1. The van der Waals surface area contributed by atoms with Crippen LogP contribution in [0.15, 0.2) is 64.0 Å². The fourth-order valence-corrected chi connectivity index (χ4v) is 4.19. The van der Waals surface area contributed by atoms with Gasteiger partial charge in [-0.25, -0.2) is 8.42 Å². The Labute approximate surface area is 168 Å². The van der Waals surface area contributed by atoms with Crippen LogP contribution in [-0.4, -0.2) is 24.2 Å². The second kappa shape index (κ2) is 7.41. The minimum Gasteiger partial charge on any atom is -0.337 e. The van der Waals surface area contributed by atoms with Gasteiger partial charge in [-0.2, -0.15) is 0 Å². The maximum atomic E-state index is 13.0. The smallest absolute Gasteiger partial charge is 0.248 e. The van der Waals surface area contributed by atoms with Gasteiger partial charge in [-0.1, -0.05) is 47.1 Å². The molecule has 3 rings (SSSR count). The Kier molecular flexibility index (Phi) is 5.32. The second-order valence-electron chi connectivity index (χ2n) is 6.76. The number of anilines is 1. The van der Waals surface area contributed by atoms with Crippen LogP contribution in [0.4, 0.5) is 5.88 Å². The zero-order valence-corrected chi connectivity index (χ0v) is 17.1. The molecule has 1 amide bonds. The van der Waals surface area contributed by atoms with Gasteiger partial charge in [0.1, 0.15) is 4.75 Å². The van der Waals surface area contributed by atoms with Gasteiger partial charge in [0.05, 0.1) is 16.2 Å². The predicted octanol–water partition coefficient (Wildman–Crippen LogP) is 4.49. The van der Waals surface area contributed by atoms with Crippen LogP contribution >= 0.6 is 11.6 Å². The Morgan fingerprint density at radius 3 is 2.29 bits per heavy atom. The third-order valence-electron chi connectivity index (χ3n) is 4.49. The molecule has 3 aromatic rings. The van der Waals surface area contributed by atoms with Crippen molar-refractivity contribution in [3.63, 3.8) is 0 Å². The highest BCUT2D eigenvalue weighted by atomic mass is 35.5. The first-order valence-corrected chi connectivity index (χ1v) is 10.3. The van der Waals surface area contributed by atoms with Gasteiger partial charge in [0.2, 0.25) is 11.8 Å². The van der Waals surface area contributed by atoms with E-state index in [4.69, 9.17) is 16.1 Å². The number of halogens is 1. The van der Waals surface area contributed by atoms with Crippen molar-refractivity contribution in [1.82, 2.24) is 5.16 Å². The molecule has 1 N–H and O–H groups in total. The molecule has 0 atom stereocenters.